The Labute approximate surface area is 127 Å². The van der Waals surface area contributed by atoms with E-state index in [2.05, 4.69) is 6.07 Å². The molecule has 1 saturated heterocycles. The monoisotopic (exact) mass is 307 g/mol. The SMILES string of the molecule is O=C(O)CC1CN(C(=O)C2Cc3ccccc3S2)CCO1. The van der Waals surface area contributed by atoms with E-state index < -0.39 is 12.1 Å². The van der Waals surface area contributed by atoms with Crippen LogP contribution >= 0.6 is 11.8 Å². The lowest BCUT2D eigenvalue weighted by Crippen LogP contribution is -2.49. The lowest BCUT2D eigenvalue weighted by Gasteiger charge is -2.33. The van der Waals surface area contributed by atoms with Crippen molar-refractivity contribution in [2.24, 2.45) is 0 Å². The van der Waals surface area contributed by atoms with Gasteiger partial charge in [-0.1, -0.05) is 18.2 Å². The highest BCUT2D eigenvalue weighted by Crippen LogP contribution is 2.37. The molecule has 0 spiro atoms. The number of carboxylic acids is 1. The first-order valence-electron chi connectivity index (χ1n) is 7.00. The van der Waals surface area contributed by atoms with E-state index in [0.29, 0.717) is 19.7 Å². The topological polar surface area (TPSA) is 66.8 Å². The lowest BCUT2D eigenvalue weighted by molar-refractivity contribution is -0.147. The third-order valence-electron chi connectivity index (χ3n) is 3.78. The van der Waals surface area contributed by atoms with Crippen LogP contribution in [0.25, 0.3) is 0 Å². The van der Waals surface area contributed by atoms with E-state index in [9.17, 15) is 9.59 Å². The molecular weight excluding hydrogens is 290 g/mol. The highest BCUT2D eigenvalue weighted by atomic mass is 32.2. The number of nitrogens with zero attached hydrogens (tertiary/aromatic N) is 1. The van der Waals surface area contributed by atoms with Crippen molar-refractivity contribution in [1.29, 1.82) is 0 Å². The smallest absolute Gasteiger partial charge is 0.306 e. The molecule has 0 aromatic heterocycles. The van der Waals surface area contributed by atoms with Gasteiger partial charge in [0.1, 0.15) is 0 Å². The highest BCUT2D eigenvalue weighted by Gasteiger charge is 2.34. The fraction of sp³-hybridized carbons (Fsp3) is 0.467. The number of hydrogen-bond donors (Lipinski definition) is 1. The average Bonchev–Trinajstić information content (AvgIpc) is 2.90. The second kappa shape index (κ2) is 6.07. The Bertz CT molecular complexity index is 537. The summed E-state index contributed by atoms with van der Waals surface area (Å²) in [4.78, 5) is 26.3. The first-order valence-corrected chi connectivity index (χ1v) is 7.88. The van der Waals surface area contributed by atoms with Crippen molar-refractivity contribution in [3.63, 3.8) is 0 Å². The highest BCUT2D eigenvalue weighted by molar-refractivity contribution is 8.01. The zero-order valence-electron chi connectivity index (χ0n) is 11.5. The molecule has 2 heterocycles. The number of rotatable bonds is 3. The van der Waals surface area contributed by atoms with Crippen molar-refractivity contribution in [3.05, 3.63) is 29.8 Å². The predicted octanol–water partition coefficient (Wildman–Crippen LogP) is 1.41. The van der Waals surface area contributed by atoms with E-state index in [-0.39, 0.29) is 17.6 Å². The van der Waals surface area contributed by atoms with Crippen molar-refractivity contribution in [2.45, 2.75) is 29.1 Å². The number of thioether (sulfide) groups is 1. The fourth-order valence-corrected chi connectivity index (χ4v) is 4.04. The maximum Gasteiger partial charge on any atom is 0.306 e. The van der Waals surface area contributed by atoms with Gasteiger partial charge in [0.05, 0.1) is 24.4 Å². The Morgan fingerprint density at radius 3 is 2.95 bits per heavy atom. The van der Waals surface area contributed by atoms with Gasteiger partial charge < -0.3 is 14.7 Å². The summed E-state index contributed by atoms with van der Waals surface area (Å²) in [5.41, 5.74) is 1.22. The normalized spacial score (nSPS) is 24.7. The van der Waals surface area contributed by atoms with E-state index in [0.717, 1.165) is 6.42 Å². The number of carbonyl (C=O) groups excluding carboxylic acids is 1. The van der Waals surface area contributed by atoms with Gasteiger partial charge in [-0.15, -0.1) is 11.8 Å². The molecule has 1 aromatic rings. The molecule has 1 amide bonds. The number of fused-ring (bicyclic) bond motifs is 1. The molecule has 1 N–H and O–H groups in total. The lowest BCUT2D eigenvalue weighted by atomic mass is 10.1. The third-order valence-corrected chi connectivity index (χ3v) is 5.08. The van der Waals surface area contributed by atoms with Crippen LogP contribution in [-0.4, -0.2) is 52.9 Å². The van der Waals surface area contributed by atoms with E-state index in [1.807, 2.05) is 18.2 Å². The van der Waals surface area contributed by atoms with Crippen molar-refractivity contribution in [3.8, 4) is 0 Å². The average molecular weight is 307 g/mol. The summed E-state index contributed by atoms with van der Waals surface area (Å²) < 4.78 is 5.41. The summed E-state index contributed by atoms with van der Waals surface area (Å²) in [5.74, 6) is -0.799. The van der Waals surface area contributed by atoms with E-state index in [1.165, 1.54) is 10.5 Å². The molecule has 2 aliphatic rings. The maximum absolute atomic E-state index is 12.6. The molecule has 2 aliphatic heterocycles. The fourth-order valence-electron chi connectivity index (χ4n) is 2.76. The van der Waals surface area contributed by atoms with Crippen LogP contribution in [0.2, 0.25) is 0 Å². The van der Waals surface area contributed by atoms with E-state index in [1.54, 1.807) is 16.7 Å². The van der Waals surface area contributed by atoms with Gasteiger partial charge in [0.25, 0.3) is 0 Å². The van der Waals surface area contributed by atoms with Gasteiger partial charge in [0.2, 0.25) is 5.91 Å². The molecule has 0 aliphatic carbocycles. The quantitative estimate of drug-likeness (QED) is 0.914. The Morgan fingerprint density at radius 1 is 1.38 bits per heavy atom. The molecule has 21 heavy (non-hydrogen) atoms. The second-order valence-corrected chi connectivity index (χ2v) is 6.54. The molecule has 3 rings (SSSR count). The predicted molar refractivity (Wildman–Crippen MR) is 78.4 cm³/mol. The van der Waals surface area contributed by atoms with Gasteiger partial charge in [-0.3, -0.25) is 9.59 Å². The van der Waals surface area contributed by atoms with Crippen molar-refractivity contribution < 1.29 is 19.4 Å². The number of carbonyl (C=O) groups is 2. The van der Waals surface area contributed by atoms with Crippen LogP contribution in [0.3, 0.4) is 0 Å². The van der Waals surface area contributed by atoms with Crippen LogP contribution in [0, 0.1) is 0 Å². The summed E-state index contributed by atoms with van der Waals surface area (Å²) in [7, 11) is 0. The molecule has 2 unspecified atom stereocenters. The number of carboxylic acid groups (broad SMARTS) is 1. The molecule has 2 atom stereocenters. The number of amides is 1. The number of aliphatic carboxylic acids is 1. The zero-order chi connectivity index (χ0) is 14.8. The summed E-state index contributed by atoms with van der Waals surface area (Å²) in [6.45, 7) is 1.33. The van der Waals surface area contributed by atoms with Crippen LogP contribution in [-0.2, 0) is 20.7 Å². The summed E-state index contributed by atoms with van der Waals surface area (Å²) in [6, 6.07) is 8.07. The molecule has 6 heteroatoms. The van der Waals surface area contributed by atoms with Crippen LogP contribution in [0.15, 0.2) is 29.2 Å². The first-order chi connectivity index (χ1) is 10.1. The minimum absolute atomic E-state index is 0.0538. The number of benzene rings is 1. The Hall–Kier alpha value is -1.53. The summed E-state index contributed by atoms with van der Waals surface area (Å²) >= 11 is 1.60. The minimum atomic E-state index is -0.892. The number of morpholine rings is 1. The molecular formula is C15H17NO4S. The van der Waals surface area contributed by atoms with Crippen LogP contribution < -0.4 is 0 Å². The van der Waals surface area contributed by atoms with Crippen molar-refractivity contribution >= 4 is 23.6 Å². The van der Waals surface area contributed by atoms with Gasteiger partial charge in [0.15, 0.2) is 0 Å². The Kier molecular flexibility index (Phi) is 4.17. The van der Waals surface area contributed by atoms with Gasteiger partial charge >= 0.3 is 5.97 Å². The molecule has 5 nitrogen and oxygen atoms in total. The van der Waals surface area contributed by atoms with Gasteiger partial charge in [-0.05, 0) is 18.1 Å². The van der Waals surface area contributed by atoms with Crippen LogP contribution in [0.1, 0.15) is 12.0 Å². The summed E-state index contributed by atoms with van der Waals surface area (Å²) in [5, 5.41) is 8.74. The van der Waals surface area contributed by atoms with Crippen LogP contribution in [0.4, 0.5) is 0 Å². The maximum atomic E-state index is 12.6. The first kappa shape index (κ1) is 14.4. The standard InChI is InChI=1S/C15H17NO4S/c17-14(18)8-11-9-16(5-6-20-11)15(19)13-7-10-3-1-2-4-12(10)21-13/h1-4,11,13H,5-9H2,(H,17,18). The van der Waals surface area contributed by atoms with Crippen molar-refractivity contribution in [1.82, 2.24) is 4.90 Å². The molecule has 0 saturated carbocycles. The number of hydrogen-bond acceptors (Lipinski definition) is 4. The summed E-state index contributed by atoms with van der Waals surface area (Å²) in [6.07, 6.45) is 0.302. The Morgan fingerprint density at radius 2 is 2.19 bits per heavy atom. The molecule has 0 radical (unpaired) electrons. The third kappa shape index (κ3) is 3.22. The van der Waals surface area contributed by atoms with Crippen molar-refractivity contribution in [2.75, 3.05) is 19.7 Å². The van der Waals surface area contributed by atoms with E-state index in [4.69, 9.17) is 9.84 Å². The molecule has 0 bridgehead atoms. The Balaban J connectivity index is 1.62. The van der Waals surface area contributed by atoms with E-state index >= 15 is 0 Å². The van der Waals surface area contributed by atoms with Gasteiger partial charge in [-0.25, -0.2) is 0 Å². The second-order valence-electron chi connectivity index (χ2n) is 5.29. The number of ether oxygens (including phenoxy) is 1. The molecule has 1 fully saturated rings. The molecule has 1 aromatic carbocycles. The minimum Gasteiger partial charge on any atom is -0.481 e. The zero-order valence-corrected chi connectivity index (χ0v) is 12.3. The molecule has 112 valence electrons. The largest absolute Gasteiger partial charge is 0.481 e. The van der Waals surface area contributed by atoms with Crippen LogP contribution in [0.5, 0.6) is 0 Å². The van der Waals surface area contributed by atoms with Gasteiger partial charge in [-0.2, -0.15) is 0 Å². The van der Waals surface area contributed by atoms with Gasteiger partial charge in [0, 0.05) is 18.0 Å².